The highest BCUT2D eigenvalue weighted by molar-refractivity contribution is 5.91. The molecule has 1 amide bonds. The lowest BCUT2D eigenvalue weighted by atomic mass is 9.96. The van der Waals surface area contributed by atoms with Crippen LogP contribution >= 0.6 is 0 Å². The van der Waals surface area contributed by atoms with Crippen molar-refractivity contribution in [3.63, 3.8) is 0 Å². The van der Waals surface area contributed by atoms with Crippen LogP contribution in [0.2, 0.25) is 0 Å². The van der Waals surface area contributed by atoms with Crippen LogP contribution in [0.25, 0.3) is 11.0 Å². The smallest absolute Gasteiger partial charge is 0.239 e. The van der Waals surface area contributed by atoms with E-state index in [4.69, 9.17) is 4.52 Å². The van der Waals surface area contributed by atoms with Gasteiger partial charge in [0.1, 0.15) is 5.76 Å². The number of aryl methyl sites for hydroxylation is 1. The Bertz CT molecular complexity index is 892. The number of nitrogens with zero attached hydrogens (tertiary/aromatic N) is 4. The van der Waals surface area contributed by atoms with Crippen molar-refractivity contribution in [2.75, 3.05) is 25.0 Å². The molecule has 0 unspecified atom stereocenters. The van der Waals surface area contributed by atoms with Crippen LogP contribution in [0.1, 0.15) is 18.6 Å². The standard InChI is InChI=1S/C19H23N5O2/c1-14-10-18(22-26-14)21-19(25)12-23-8-6-15(7-9-23)11-24-13-20-16-4-2-3-5-17(16)24/h2-5,10,13,15H,6-9,11-12H2,1H3,(H,21,22,25). The van der Waals surface area contributed by atoms with Crippen molar-refractivity contribution in [2.45, 2.75) is 26.3 Å². The SMILES string of the molecule is Cc1cc(NC(=O)CN2CCC(Cn3cnc4ccccc43)CC2)no1. The number of hydrogen-bond acceptors (Lipinski definition) is 5. The number of fused-ring (bicyclic) bond motifs is 1. The summed E-state index contributed by atoms with van der Waals surface area (Å²) in [6.45, 7) is 5.05. The molecule has 1 aliphatic rings. The maximum atomic E-state index is 12.1. The molecule has 1 fully saturated rings. The first kappa shape index (κ1) is 16.8. The number of hydrogen-bond donors (Lipinski definition) is 1. The monoisotopic (exact) mass is 353 g/mol. The Labute approximate surface area is 152 Å². The number of likely N-dealkylation sites (tertiary alicyclic amines) is 1. The molecule has 0 saturated carbocycles. The van der Waals surface area contributed by atoms with Crippen molar-refractivity contribution in [3.05, 3.63) is 42.4 Å². The van der Waals surface area contributed by atoms with Gasteiger partial charge in [-0.1, -0.05) is 17.3 Å². The zero-order valence-corrected chi connectivity index (χ0v) is 14.9. The topological polar surface area (TPSA) is 76.2 Å². The number of anilines is 1. The molecule has 0 aliphatic carbocycles. The van der Waals surface area contributed by atoms with E-state index in [-0.39, 0.29) is 5.91 Å². The Morgan fingerprint density at radius 2 is 2.12 bits per heavy atom. The highest BCUT2D eigenvalue weighted by Gasteiger charge is 2.22. The van der Waals surface area contributed by atoms with Crippen LogP contribution in [0, 0.1) is 12.8 Å². The highest BCUT2D eigenvalue weighted by atomic mass is 16.5. The predicted molar refractivity (Wildman–Crippen MR) is 98.8 cm³/mol. The molecule has 7 heteroatoms. The van der Waals surface area contributed by atoms with Crippen molar-refractivity contribution in [1.29, 1.82) is 0 Å². The summed E-state index contributed by atoms with van der Waals surface area (Å²) >= 11 is 0. The molecule has 1 saturated heterocycles. The average Bonchev–Trinajstić information content (AvgIpc) is 3.23. The maximum absolute atomic E-state index is 12.1. The Balaban J connectivity index is 1.27. The first-order valence-electron chi connectivity index (χ1n) is 9.03. The summed E-state index contributed by atoms with van der Waals surface area (Å²) in [7, 11) is 0. The molecule has 136 valence electrons. The Kier molecular flexibility index (Phi) is 4.71. The van der Waals surface area contributed by atoms with E-state index in [1.807, 2.05) is 18.5 Å². The van der Waals surface area contributed by atoms with Gasteiger partial charge in [-0.2, -0.15) is 0 Å². The number of aromatic nitrogens is 3. The molecule has 0 radical (unpaired) electrons. The molecule has 4 rings (SSSR count). The molecule has 26 heavy (non-hydrogen) atoms. The minimum atomic E-state index is -0.0441. The second-order valence-electron chi connectivity index (χ2n) is 6.98. The molecule has 0 atom stereocenters. The van der Waals surface area contributed by atoms with Gasteiger partial charge in [0.05, 0.1) is 23.9 Å². The molecule has 3 aromatic rings. The summed E-state index contributed by atoms with van der Waals surface area (Å²) in [5.74, 6) is 1.74. The van der Waals surface area contributed by atoms with E-state index in [1.165, 1.54) is 5.52 Å². The van der Waals surface area contributed by atoms with Gasteiger partial charge in [-0.05, 0) is 50.9 Å². The van der Waals surface area contributed by atoms with E-state index in [0.717, 1.165) is 38.0 Å². The quantitative estimate of drug-likeness (QED) is 0.763. The maximum Gasteiger partial charge on any atom is 0.239 e. The van der Waals surface area contributed by atoms with E-state index in [0.29, 0.717) is 24.0 Å². The number of nitrogens with one attached hydrogen (secondary N) is 1. The zero-order chi connectivity index (χ0) is 17.9. The third-order valence-electron chi connectivity index (χ3n) is 4.95. The Hall–Kier alpha value is -2.67. The second-order valence-corrected chi connectivity index (χ2v) is 6.98. The number of rotatable bonds is 5. The zero-order valence-electron chi connectivity index (χ0n) is 14.9. The molecule has 3 heterocycles. The molecule has 0 spiro atoms. The first-order valence-corrected chi connectivity index (χ1v) is 9.03. The van der Waals surface area contributed by atoms with Crippen molar-refractivity contribution in [3.8, 4) is 0 Å². The minimum Gasteiger partial charge on any atom is -0.360 e. The van der Waals surface area contributed by atoms with Crippen molar-refractivity contribution in [1.82, 2.24) is 19.6 Å². The first-order chi connectivity index (χ1) is 12.7. The molecule has 1 aromatic carbocycles. The fraction of sp³-hybridized carbons (Fsp3) is 0.421. The van der Waals surface area contributed by atoms with Crippen LogP contribution in [0.4, 0.5) is 5.82 Å². The average molecular weight is 353 g/mol. The lowest BCUT2D eigenvalue weighted by Crippen LogP contribution is -2.40. The number of benzene rings is 1. The summed E-state index contributed by atoms with van der Waals surface area (Å²) in [4.78, 5) is 18.8. The molecule has 1 aliphatic heterocycles. The summed E-state index contributed by atoms with van der Waals surface area (Å²) in [6.07, 6.45) is 4.11. The van der Waals surface area contributed by atoms with Gasteiger partial charge in [-0.3, -0.25) is 9.69 Å². The summed E-state index contributed by atoms with van der Waals surface area (Å²) in [5, 5.41) is 6.57. The van der Waals surface area contributed by atoms with Crippen LogP contribution in [-0.2, 0) is 11.3 Å². The van der Waals surface area contributed by atoms with E-state index in [9.17, 15) is 4.79 Å². The number of piperidine rings is 1. The number of carbonyl (C=O) groups excluding carboxylic acids is 1. The van der Waals surface area contributed by atoms with Crippen LogP contribution in [-0.4, -0.2) is 45.1 Å². The van der Waals surface area contributed by atoms with Crippen molar-refractivity contribution < 1.29 is 9.32 Å². The van der Waals surface area contributed by atoms with E-state index < -0.39 is 0 Å². The fourth-order valence-electron chi connectivity index (χ4n) is 3.57. The van der Waals surface area contributed by atoms with Gasteiger partial charge in [-0.25, -0.2) is 4.98 Å². The van der Waals surface area contributed by atoms with E-state index in [2.05, 4.69) is 37.1 Å². The molecule has 7 nitrogen and oxygen atoms in total. The lowest BCUT2D eigenvalue weighted by Gasteiger charge is -2.31. The molecule has 1 N–H and O–H groups in total. The molecule has 0 bridgehead atoms. The van der Waals surface area contributed by atoms with Gasteiger partial charge in [0.2, 0.25) is 5.91 Å². The Morgan fingerprint density at radius 1 is 1.31 bits per heavy atom. The van der Waals surface area contributed by atoms with E-state index >= 15 is 0 Å². The largest absolute Gasteiger partial charge is 0.360 e. The number of imidazole rings is 1. The molecular formula is C19H23N5O2. The fourth-order valence-corrected chi connectivity index (χ4v) is 3.57. The third kappa shape index (κ3) is 3.77. The van der Waals surface area contributed by atoms with Crippen molar-refractivity contribution in [2.24, 2.45) is 5.92 Å². The highest BCUT2D eigenvalue weighted by Crippen LogP contribution is 2.21. The van der Waals surface area contributed by atoms with Crippen LogP contribution in [0.15, 0.2) is 41.2 Å². The van der Waals surface area contributed by atoms with E-state index in [1.54, 1.807) is 13.0 Å². The Morgan fingerprint density at radius 3 is 2.88 bits per heavy atom. The van der Waals surface area contributed by atoms with Crippen LogP contribution in [0.5, 0.6) is 0 Å². The summed E-state index contributed by atoms with van der Waals surface area (Å²) < 4.78 is 7.21. The normalized spacial score (nSPS) is 16.2. The second kappa shape index (κ2) is 7.29. The predicted octanol–water partition coefficient (Wildman–Crippen LogP) is 2.68. The van der Waals surface area contributed by atoms with Gasteiger partial charge in [0.15, 0.2) is 5.82 Å². The lowest BCUT2D eigenvalue weighted by molar-refractivity contribution is -0.117. The van der Waals surface area contributed by atoms with Gasteiger partial charge in [0.25, 0.3) is 0 Å². The third-order valence-corrected chi connectivity index (χ3v) is 4.95. The summed E-state index contributed by atoms with van der Waals surface area (Å²) in [5.41, 5.74) is 2.24. The van der Waals surface area contributed by atoms with Crippen molar-refractivity contribution >= 4 is 22.8 Å². The number of carbonyl (C=O) groups is 1. The van der Waals surface area contributed by atoms with Gasteiger partial charge in [0, 0.05) is 12.6 Å². The van der Waals surface area contributed by atoms with Crippen LogP contribution in [0.3, 0.4) is 0 Å². The van der Waals surface area contributed by atoms with Gasteiger partial charge in [-0.15, -0.1) is 0 Å². The number of amides is 1. The van der Waals surface area contributed by atoms with Crippen LogP contribution < -0.4 is 5.32 Å². The molecular weight excluding hydrogens is 330 g/mol. The van der Waals surface area contributed by atoms with Gasteiger partial charge < -0.3 is 14.4 Å². The molecule has 2 aromatic heterocycles. The van der Waals surface area contributed by atoms with Gasteiger partial charge >= 0.3 is 0 Å². The summed E-state index contributed by atoms with van der Waals surface area (Å²) in [6, 6.07) is 9.96. The minimum absolute atomic E-state index is 0.0441. The number of para-hydroxylation sites is 2.